The van der Waals surface area contributed by atoms with Gasteiger partial charge >= 0.3 is 0 Å². The van der Waals surface area contributed by atoms with Gasteiger partial charge in [0.15, 0.2) is 0 Å². The van der Waals surface area contributed by atoms with Gasteiger partial charge in [-0.3, -0.25) is 14.5 Å². The average Bonchev–Trinajstić information content (AvgIpc) is 3.25. The van der Waals surface area contributed by atoms with Crippen molar-refractivity contribution in [3.8, 4) is 11.8 Å². The number of nitriles is 1. The molecule has 7 heteroatoms. The highest BCUT2D eigenvalue weighted by molar-refractivity contribution is 8.05. The maximum atomic E-state index is 13.6. The number of ether oxygens (including phenoxy) is 1. The second kappa shape index (κ2) is 12.3. The van der Waals surface area contributed by atoms with Crippen molar-refractivity contribution in [1.29, 1.82) is 5.26 Å². The number of anilines is 1. The van der Waals surface area contributed by atoms with Crippen molar-refractivity contribution in [3.63, 3.8) is 0 Å². The van der Waals surface area contributed by atoms with Crippen LogP contribution >= 0.6 is 11.8 Å². The number of benzene rings is 3. The van der Waals surface area contributed by atoms with Gasteiger partial charge in [-0.25, -0.2) is 0 Å². The Bertz CT molecular complexity index is 1310. The summed E-state index contributed by atoms with van der Waals surface area (Å²) < 4.78 is 5.18. The number of nitrogens with one attached hydrogen (secondary N) is 1. The molecular weight excluding hydrogens is 482 g/mol. The largest absolute Gasteiger partial charge is 0.497 e. The van der Waals surface area contributed by atoms with E-state index in [-0.39, 0.29) is 11.5 Å². The molecule has 2 amide bonds. The van der Waals surface area contributed by atoms with Crippen LogP contribution in [0.25, 0.3) is 0 Å². The summed E-state index contributed by atoms with van der Waals surface area (Å²) >= 11 is 1.28. The Labute approximate surface area is 221 Å². The monoisotopic (exact) mass is 511 g/mol. The first-order valence-electron chi connectivity index (χ1n) is 12.2. The molecule has 188 valence electrons. The third kappa shape index (κ3) is 6.22. The lowest BCUT2D eigenvalue weighted by atomic mass is 10.1. The second-order valence-electron chi connectivity index (χ2n) is 8.64. The Kier molecular flexibility index (Phi) is 8.65. The summed E-state index contributed by atoms with van der Waals surface area (Å²) in [6, 6.07) is 27.1. The number of aryl methyl sites for hydroxylation is 1. The molecule has 0 bridgehead atoms. The third-order valence-electron chi connectivity index (χ3n) is 6.23. The molecule has 0 saturated carbocycles. The molecule has 1 fully saturated rings. The second-order valence-corrected chi connectivity index (χ2v) is 9.83. The summed E-state index contributed by atoms with van der Waals surface area (Å²) in [7, 11) is 1.61. The molecule has 0 spiro atoms. The normalized spacial score (nSPS) is 16.3. The summed E-state index contributed by atoms with van der Waals surface area (Å²) in [5, 5.41) is 12.8. The minimum atomic E-state index is -0.486. The lowest BCUT2D eigenvalue weighted by Gasteiger charge is -2.18. The molecule has 3 aromatic rings. The number of hydrogen-bond donors (Lipinski definition) is 1. The average molecular weight is 512 g/mol. The van der Waals surface area contributed by atoms with E-state index in [1.807, 2.05) is 66.7 Å². The number of rotatable bonds is 9. The fourth-order valence-corrected chi connectivity index (χ4v) is 5.43. The molecule has 0 radical (unpaired) electrons. The van der Waals surface area contributed by atoms with Gasteiger partial charge in [-0.15, -0.1) is 0 Å². The van der Waals surface area contributed by atoms with Crippen molar-refractivity contribution in [1.82, 2.24) is 5.32 Å². The highest BCUT2D eigenvalue weighted by Crippen LogP contribution is 2.41. The zero-order valence-corrected chi connectivity index (χ0v) is 21.8. The summed E-state index contributed by atoms with van der Waals surface area (Å²) in [6.07, 6.45) is 2.07. The Morgan fingerprint density at radius 2 is 1.65 bits per heavy atom. The molecule has 1 atom stereocenters. The first-order valence-corrected chi connectivity index (χ1v) is 13.1. The van der Waals surface area contributed by atoms with Crippen LogP contribution in [0, 0.1) is 11.3 Å². The first kappa shape index (κ1) is 26.1. The predicted molar refractivity (Wildman–Crippen MR) is 147 cm³/mol. The number of carbonyl (C=O) groups excluding carboxylic acids is 2. The van der Waals surface area contributed by atoms with E-state index in [9.17, 15) is 14.9 Å². The quantitative estimate of drug-likeness (QED) is 0.321. The smallest absolute Gasteiger partial charge is 0.264 e. The van der Waals surface area contributed by atoms with Crippen LogP contribution in [0.3, 0.4) is 0 Å². The van der Waals surface area contributed by atoms with E-state index in [1.54, 1.807) is 7.11 Å². The van der Waals surface area contributed by atoms with Crippen molar-refractivity contribution in [2.24, 2.45) is 0 Å². The molecule has 1 aliphatic rings. The fourth-order valence-electron chi connectivity index (χ4n) is 4.13. The molecule has 1 saturated heterocycles. The van der Waals surface area contributed by atoms with Crippen molar-refractivity contribution in [2.75, 3.05) is 18.6 Å². The molecule has 1 N–H and O–H groups in total. The molecule has 0 aliphatic carbocycles. The molecule has 37 heavy (non-hydrogen) atoms. The summed E-state index contributed by atoms with van der Waals surface area (Å²) in [5.74, 6) is 0.147. The first-order chi connectivity index (χ1) is 18.0. The van der Waals surface area contributed by atoms with Crippen LogP contribution in [0.2, 0.25) is 0 Å². The van der Waals surface area contributed by atoms with Crippen LogP contribution in [0.4, 0.5) is 5.69 Å². The van der Waals surface area contributed by atoms with E-state index in [4.69, 9.17) is 4.74 Å². The van der Waals surface area contributed by atoms with Crippen molar-refractivity contribution < 1.29 is 14.3 Å². The topological polar surface area (TPSA) is 82.4 Å². The molecule has 6 nitrogen and oxygen atoms in total. The number of nitrogens with zero attached hydrogens (tertiary/aromatic N) is 2. The minimum Gasteiger partial charge on any atom is -0.497 e. The van der Waals surface area contributed by atoms with Crippen molar-refractivity contribution >= 4 is 29.3 Å². The number of methoxy groups -OCH3 is 1. The number of para-hydroxylation sites is 1. The van der Waals surface area contributed by atoms with Gasteiger partial charge in [-0.1, -0.05) is 73.3 Å². The van der Waals surface area contributed by atoms with Gasteiger partial charge in [0.25, 0.3) is 5.91 Å². The SMILES string of the molecule is CCc1ccc(C[C@H]2S/C(=C(/C#N)C(=O)NCCc3ccc(OC)cc3)N(c3ccccc3)C2=O)cc1. The van der Waals surface area contributed by atoms with Gasteiger partial charge in [0.2, 0.25) is 5.91 Å². The maximum absolute atomic E-state index is 13.6. The van der Waals surface area contributed by atoms with E-state index in [0.717, 1.165) is 23.3 Å². The van der Waals surface area contributed by atoms with Crippen molar-refractivity contribution in [3.05, 3.63) is 106 Å². The Morgan fingerprint density at radius 1 is 1.00 bits per heavy atom. The van der Waals surface area contributed by atoms with Gasteiger partial charge in [0.05, 0.1) is 12.4 Å². The Balaban J connectivity index is 1.55. The van der Waals surface area contributed by atoms with Gasteiger partial charge in [-0.2, -0.15) is 5.26 Å². The van der Waals surface area contributed by atoms with Crippen LogP contribution in [0.15, 0.2) is 89.5 Å². The van der Waals surface area contributed by atoms with Crippen LogP contribution in [-0.2, 0) is 28.9 Å². The molecule has 1 heterocycles. The minimum absolute atomic E-state index is 0.0548. The van der Waals surface area contributed by atoms with Gasteiger partial charge in [0.1, 0.15) is 22.4 Å². The van der Waals surface area contributed by atoms with Crippen LogP contribution in [0.5, 0.6) is 5.75 Å². The number of amides is 2. The van der Waals surface area contributed by atoms with E-state index in [1.165, 1.54) is 22.2 Å². The van der Waals surface area contributed by atoms with Crippen LogP contribution in [0.1, 0.15) is 23.6 Å². The Hall–Kier alpha value is -4.02. The molecule has 1 aliphatic heterocycles. The van der Waals surface area contributed by atoms with Crippen molar-refractivity contribution in [2.45, 2.75) is 31.4 Å². The molecule has 0 unspecified atom stereocenters. The van der Waals surface area contributed by atoms with Crippen LogP contribution in [-0.4, -0.2) is 30.7 Å². The van der Waals surface area contributed by atoms with E-state index in [0.29, 0.717) is 30.1 Å². The third-order valence-corrected chi connectivity index (χ3v) is 7.49. The maximum Gasteiger partial charge on any atom is 0.264 e. The lowest BCUT2D eigenvalue weighted by molar-refractivity contribution is -0.117. The van der Waals surface area contributed by atoms with Gasteiger partial charge < -0.3 is 10.1 Å². The zero-order chi connectivity index (χ0) is 26.2. The van der Waals surface area contributed by atoms with E-state index < -0.39 is 11.2 Å². The number of thioether (sulfide) groups is 1. The van der Waals surface area contributed by atoms with E-state index >= 15 is 0 Å². The fraction of sp³-hybridized carbons (Fsp3) is 0.233. The summed E-state index contributed by atoms with van der Waals surface area (Å²) in [6.45, 7) is 2.46. The Morgan fingerprint density at radius 3 is 2.27 bits per heavy atom. The standard InChI is InChI=1S/C30H29N3O3S/c1-3-21-9-11-23(12-10-21)19-27-29(35)33(24-7-5-4-6-8-24)30(37-27)26(20-31)28(34)32-18-17-22-13-15-25(36-2)16-14-22/h4-16,27H,3,17-19H2,1-2H3,(H,32,34)/b30-26-/t27-/m1/s1. The van der Waals surface area contributed by atoms with Gasteiger partial charge in [-0.05, 0) is 60.2 Å². The predicted octanol–water partition coefficient (Wildman–Crippen LogP) is 5.04. The zero-order valence-electron chi connectivity index (χ0n) is 20.9. The summed E-state index contributed by atoms with van der Waals surface area (Å²) in [4.78, 5) is 28.2. The molecule has 3 aromatic carbocycles. The highest BCUT2D eigenvalue weighted by Gasteiger charge is 2.40. The number of carbonyl (C=O) groups is 2. The highest BCUT2D eigenvalue weighted by atomic mass is 32.2. The molecular formula is C30H29N3O3S. The van der Waals surface area contributed by atoms with E-state index in [2.05, 4.69) is 30.4 Å². The number of hydrogen-bond acceptors (Lipinski definition) is 5. The molecule has 0 aromatic heterocycles. The van der Waals surface area contributed by atoms with Gasteiger partial charge in [0, 0.05) is 12.2 Å². The van der Waals surface area contributed by atoms with Crippen LogP contribution < -0.4 is 15.0 Å². The summed E-state index contributed by atoms with van der Waals surface area (Å²) in [5.41, 5.74) is 3.90. The lowest BCUT2D eigenvalue weighted by Crippen LogP contribution is -2.32. The molecule has 4 rings (SSSR count).